The van der Waals surface area contributed by atoms with Crippen LogP contribution in [0.4, 0.5) is 10.1 Å². The van der Waals surface area contributed by atoms with Crippen molar-refractivity contribution in [2.24, 2.45) is 5.73 Å². The Kier molecular flexibility index (Phi) is 4.69. The standard InChI is InChI=1S/C18H21FN2S/c1-21(22-17-7-3-6-15(19)11-17)16-8-9-18-13(10-16)4-2-5-14(18)12-20/h3,6-11,14H,2,4-5,12,20H2,1H3. The summed E-state index contributed by atoms with van der Waals surface area (Å²) >= 11 is 1.54. The summed E-state index contributed by atoms with van der Waals surface area (Å²) in [4.78, 5) is 0.903. The van der Waals surface area contributed by atoms with E-state index in [0.717, 1.165) is 23.5 Å². The summed E-state index contributed by atoms with van der Waals surface area (Å²) in [5.74, 6) is 0.300. The Balaban J connectivity index is 1.80. The SMILES string of the molecule is CN(Sc1cccc(F)c1)c1ccc2c(c1)CCCC2CN. The Labute approximate surface area is 135 Å². The van der Waals surface area contributed by atoms with Gasteiger partial charge in [-0.15, -0.1) is 0 Å². The molecule has 116 valence electrons. The molecule has 22 heavy (non-hydrogen) atoms. The zero-order chi connectivity index (χ0) is 15.5. The van der Waals surface area contributed by atoms with Crippen LogP contribution in [0, 0.1) is 5.82 Å². The third-order valence-corrected chi connectivity index (χ3v) is 5.20. The van der Waals surface area contributed by atoms with Crippen molar-refractivity contribution >= 4 is 17.6 Å². The number of fused-ring (bicyclic) bond motifs is 1. The molecule has 0 radical (unpaired) electrons. The van der Waals surface area contributed by atoms with Gasteiger partial charge in [-0.3, -0.25) is 0 Å². The Morgan fingerprint density at radius 3 is 2.91 bits per heavy atom. The number of nitrogens with zero attached hydrogens (tertiary/aromatic N) is 1. The molecule has 1 unspecified atom stereocenters. The fourth-order valence-electron chi connectivity index (χ4n) is 3.08. The monoisotopic (exact) mass is 316 g/mol. The number of anilines is 1. The molecule has 0 aliphatic heterocycles. The second-order valence-electron chi connectivity index (χ2n) is 5.75. The highest BCUT2D eigenvalue weighted by atomic mass is 32.2. The molecule has 1 atom stereocenters. The van der Waals surface area contributed by atoms with Crippen LogP contribution in [0.2, 0.25) is 0 Å². The van der Waals surface area contributed by atoms with Gasteiger partial charge >= 0.3 is 0 Å². The molecule has 0 saturated heterocycles. The summed E-state index contributed by atoms with van der Waals surface area (Å²) < 4.78 is 15.4. The molecule has 0 spiro atoms. The number of hydrogen-bond acceptors (Lipinski definition) is 3. The maximum absolute atomic E-state index is 13.3. The van der Waals surface area contributed by atoms with Gasteiger partial charge in [-0.05, 0) is 85.1 Å². The molecule has 0 amide bonds. The van der Waals surface area contributed by atoms with Gasteiger partial charge in [0, 0.05) is 17.6 Å². The molecule has 2 aromatic rings. The van der Waals surface area contributed by atoms with Crippen molar-refractivity contribution in [3.63, 3.8) is 0 Å². The van der Waals surface area contributed by atoms with Crippen LogP contribution in [0.5, 0.6) is 0 Å². The molecule has 2 aromatic carbocycles. The van der Waals surface area contributed by atoms with Crippen LogP contribution in [0.15, 0.2) is 47.4 Å². The first kappa shape index (κ1) is 15.4. The first-order valence-electron chi connectivity index (χ1n) is 7.67. The van der Waals surface area contributed by atoms with Gasteiger partial charge in [0.2, 0.25) is 0 Å². The van der Waals surface area contributed by atoms with Gasteiger partial charge in [0.05, 0.1) is 0 Å². The zero-order valence-corrected chi connectivity index (χ0v) is 13.6. The maximum Gasteiger partial charge on any atom is 0.124 e. The fourth-order valence-corrected chi connectivity index (χ4v) is 3.92. The van der Waals surface area contributed by atoms with Crippen molar-refractivity contribution in [3.05, 3.63) is 59.4 Å². The second-order valence-corrected chi connectivity index (χ2v) is 6.96. The molecular formula is C18H21FN2S. The van der Waals surface area contributed by atoms with Gasteiger partial charge in [-0.2, -0.15) is 0 Å². The lowest BCUT2D eigenvalue weighted by molar-refractivity contribution is 0.561. The lowest BCUT2D eigenvalue weighted by atomic mass is 9.83. The van der Waals surface area contributed by atoms with Crippen molar-refractivity contribution in [1.29, 1.82) is 0 Å². The molecule has 4 heteroatoms. The minimum Gasteiger partial charge on any atom is -0.330 e. The van der Waals surface area contributed by atoms with E-state index in [1.807, 2.05) is 13.1 Å². The molecular weight excluding hydrogens is 295 g/mol. The van der Waals surface area contributed by atoms with Crippen LogP contribution in [-0.4, -0.2) is 13.6 Å². The number of halogens is 1. The molecule has 2 N–H and O–H groups in total. The predicted octanol–water partition coefficient (Wildman–Crippen LogP) is 4.35. The van der Waals surface area contributed by atoms with Crippen molar-refractivity contribution in [3.8, 4) is 0 Å². The first-order valence-corrected chi connectivity index (χ1v) is 8.45. The molecule has 2 nitrogen and oxygen atoms in total. The average Bonchev–Trinajstić information content (AvgIpc) is 2.53. The molecule has 1 aliphatic carbocycles. The van der Waals surface area contributed by atoms with E-state index in [4.69, 9.17) is 5.73 Å². The summed E-state index contributed by atoms with van der Waals surface area (Å²) in [6.07, 6.45) is 3.52. The quantitative estimate of drug-likeness (QED) is 0.850. The highest BCUT2D eigenvalue weighted by Crippen LogP contribution is 2.35. The van der Waals surface area contributed by atoms with E-state index in [-0.39, 0.29) is 5.82 Å². The van der Waals surface area contributed by atoms with Gasteiger partial charge in [0.25, 0.3) is 0 Å². The maximum atomic E-state index is 13.3. The summed E-state index contributed by atoms with van der Waals surface area (Å²) in [7, 11) is 2.01. The van der Waals surface area contributed by atoms with Crippen LogP contribution in [0.1, 0.15) is 29.9 Å². The smallest absolute Gasteiger partial charge is 0.124 e. The summed E-state index contributed by atoms with van der Waals surface area (Å²) in [6.45, 7) is 0.722. The van der Waals surface area contributed by atoms with Gasteiger partial charge < -0.3 is 10.0 Å². The molecule has 0 heterocycles. The van der Waals surface area contributed by atoms with E-state index in [2.05, 4.69) is 22.5 Å². The summed E-state index contributed by atoms with van der Waals surface area (Å²) in [5, 5.41) is 0. The van der Waals surface area contributed by atoms with Crippen molar-refractivity contribution in [2.75, 3.05) is 17.9 Å². The van der Waals surface area contributed by atoms with Gasteiger partial charge in [-0.25, -0.2) is 4.39 Å². The number of rotatable bonds is 4. The number of aryl methyl sites for hydroxylation is 1. The molecule has 0 saturated carbocycles. The number of benzene rings is 2. The summed E-state index contributed by atoms with van der Waals surface area (Å²) in [5.41, 5.74) is 9.84. The molecule has 1 aliphatic rings. The molecule has 3 rings (SSSR count). The molecule has 0 fully saturated rings. The largest absolute Gasteiger partial charge is 0.330 e. The second kappa shape index (κ2) is 6.71. The van der Waals surface area contributed by atoms with E-state index < -0.39 is 0 Å². The van der Waals surface area contributed by atoms with E-state index in [1.165, 1.54) is 42.0 Å². The van der Waals surface area contributed by atoms with Crippen molar-refractivity contribution < 1.29 is 4.39 Å². The van der Waals surface area contributed by atoms with Gasteiger partial charge in [0.1, 0.15) is 5.82 Å². The lowest BCUT2D eigenvalue weighted by Crippen LogP contribution is -2.18. The van der Waals surface area contributed by atoms with E-state index in [1.54, 1.807) is 12.1 Å². The van der Waals surface area contributed by atoms with E-state index in [0.29, 0.717) is 5.92 Å². The third-order valence-electron chi connectivity index (χ3n) is 4.25. The highest BCUT2D eigenvalue weighted by molar-refractivity contribution is 8.00. The van der Waals surface area contributed by atoms with Crippen LogP contribution in [0.25, 0.3) is 0 Å². The number of hydrogen-bond donors (Lipinski definition) is 1. The lowest BCUT2D eigenvalue weighted by Gasteiger charge is -2.26. The minimum atomic E-state index is -0.199. The minimum absolute atomic E-state index is 0.199. The van der Waals surface area contributed by atoms with Crippen LogP contribution < -0.4 is 10.0 Å². The van der Waals surface area contributed by atoms with Crippen molar-refractivity contribution in [1.82, 2.24) is 0 Å². The Morgan fingerprint density at radius 2 is 2.14 bits per heavy atom. The van der Waals surface area contributed by atoms with E-state index in [9.17, 15) is 4.39 Å². The van der Waals surface area contributed by atoms with Crippen molar-refractivity contribution in [2.45, 2.75) is 30.1 Å². The van der Waals surface area contributed by atoms with Gasteiger partial charge in [0.15, 0.2) is 0 Å². The third kappa shape index (κ3) is 3.28. The van der Waals surface area contributed by atoms with Crippen LogP contribution >= 0.6 is 11.9 Å². The average molecular weight is 316 g/mol. The highest BCUT2D eigenvalue weighted by Gasteiger charge is 2.19. The first-order chi connectivity index (χ1) is 10.7. The van der Waals surface area contributed by atoms with Crippen LogP contribution in [-0.2, 0) is 6.42 Å². The number of nitrogens with two attached hydrogens (primary N) is 1. The van der Waals surface area contributed by atoms with E-state index >= 15 is 0 Å². The Hall–Kier alpha value is -1.52. The fraction of sp³-hybridized carbons (Fsp3) is 0.333. The van der Waals surface area contributed by atoms with Gasteiger partial charge in [-0.1, -0.05) is 12.1 Å². The molecule has 0 aromatic heterocycles. The molecule has 0 bridgehead atoms. The Morgan fingerprint density at radius 1 is 1.27 bits per heavy atom. The zero-order valence-electron chi connectivity index (χ0n) is 12.8. The normalized spacial score (nSPS) is 17.1. The topological polar surface area (TPSA) is 29.3 Å². The Bertz CT molecular complexity index is 659. The van der Waals surface area contributed by atoms with Crippen LogP contribution in [0.3, 0.4) is 0 Å². The summed E-state index contributed by atoms with van der Waals surface area (Å²) in [6, 6.07) is 13.3. The predicted molar refractivity (Wildman–Crippen MR) is 91.8 cm³/mol.